The summed E-state index contributed by atoms with van der Waals surface area (Å²) >= 11 is 6.19. The number of hydrogen-bond donors (Lipinski definition) is 0. The molecule has 2 saturated carbocycles. The minimum atomic E-state index is 0.493. The Labute approximate surface area is 106 Å². The molecule has 0 amide bonds. The van der Waals surface area contributed by atoms with Crippen molar-refractivity contribution in [1.82, 2.24) is 0 Å². The van der Waals surface area contributed by atoms with Gasteiger partial charge in [-0.3, -0.25) is 0 Å². The molecule has 2 fully saturated rings. The van der Waals surface area contributed by atoms with Crippen molar-refractivity contribution >= 4 is 11.6 Å². The van der Waals surface area contributed by atoms with Crippen molar-refractivity contribution in [2.45, 2.75) is 76.5 Å². The molecule has 2 rings (SSSR count). The molecule has 94 valence electrons. The second-order valence-electron chi connectivity index (χ2n) is 6.08. The molecule has 0 radical (unpaired) electrons. The molecule has 2 aliphatic carbocycles. The van der Waals surface area contributed by atoms with Crippen LogP contribution in [0.2, 0.25) is 0 Å². The van der Waals surface area contributed by atoms with Gasteiger partial charge in [-0.2, -0.15) is 0 Å². The normalized spacial score (nSPS) is 40.9. The maximum Gasteiger partial charge on any atom is 0.0336 e. The van der Waals surface area contributed by atoms with Gasteiger partial charge >= 0.3 is 0 Å². The fraction of sp³-hybridized carbons (Fsp3) is 1.00. The highest BCUT2D eigenvalue weighted by Crippen LogP contribution is 2.41. The van der Waals surface area contributed by atoms with Crippen LogP contribution in [-0.2, 0) is 0 Å². The van der Waals surface area contributed by atoms with Crippen LogP contribution in [0.1, 0.15) is 71.1 Å². The van der Waals surface area contributed by atoms with Gasteiger partial charge in [0.05, 0.1) is 0 Å². The molecule has 0 N–H and O–H groups in total. The monoisotopic (exact) mass is 242 g/mol. The molecular formula is C15H27Cl. The second kappa shape index (κ2) is 6.28. The number of alkyl halides is 1. The molecule has 0 heterocycles. The van der Waals surface area contributed by atoms with Crippen LogP contribution >= 0.6 is 11.6 Å². The van der Waals surface area contributed by atoms with Crippen molar-refractivity contribution in [2.75, 3.05) is 0 Å². The summed E-state index contributed by atoms with van der Waals surface area (Å²) < 4.78 is 0. The van der Waals surface area contributed by atoms with Crippen LogP contribution in [0.15, 0.2) is 0 Å². The summed E-state index contributed by atoms with van der Waals surface area (Å²) in [5.41, 5.74) is 0. The largest absolute Gasteiger partial charge is 0.123 e. The Morgan fingerprint density at radius 1 is 0.812 bits per heavy atom. The van der Waals surface area contributed by atoms with Crippen molar-refractivity contribution < 1.29 is 0 Å². The molecule has 0 aromatic heterocycles. The Bertz CT molecular complexity index is 186. The van der Waals surface area contributed by atoms with E-state index in [1.54, 1.807) is 0 Å². The zero-order chi connectivity index (χ0) is 11.4. The predicted molar refractivity (Wildman–Crippen MR) is 72.0 cm³/mol. The Morgan fingerprint density at radius 3 is 1.81 bits per heavy atom. The van der Waals surface area contributed by atoms with E-state index in [0.29, 0.717) is 5.38 Å². The zero-order valence-corrected chi connectivity index (χ0v) is 11.5. The van der Waals surface area contributed by atoms with Gasteiger partial charge in [-0.1, -0.05) is 32.6 Å². The number of halogens is 1. The Hall–Kier alpha value is 0.290. The Balaban J connectivity index is 1.72. The van der Waals surface area contributed by atoms with Gasteiger partial charge in [0.15, 0.2) is 0 Å². The van der Waals surface area contributed by atoms with Crippen LogP contribution < -0.4 is 0 Å². The molecule has 0 aliphatic heterocycles. The van der Waals surface area contributed by atoms with Gasteiger partial charge in [0.1, 0.15) is 0 Å². The van der Waals surface area contributed by atoms with Crippen molar-refractivity contribution in [2.24, 2.45) is 17.8 Å². The highest BCUT2D eigenvalue weighted by atomic mass is 35.5. The Morgan fingerprint density at radius 2 is 1.31 bits per heavy atom. The van der Waals surface area contributed by atoms with E-state index < -0.39 is 0 Å². The fourth-order valence-corrected chi connectivity index (χ4v) is 4.16. The first-order chi connectivity index (χ1) is 7.79. The average molecular weight is 243 g/mol. The zero-order valence-electron chi connectivity index (χ0n) is 10.8. The van der Waals surface area contributed by atoms with E-state index >= 15 is 0 Å². The van der Waals surface area contributed by atoms with E-state index in [1.165, 1.54) is 64.2 Å². The van der Waals surface area contributed by atoms with E-state index in [-0.39, 0.29) is 0 Å². The first-order valence-electron chi connectivity index (χ1n) is 7.43. The summed E-state index contributed by atoms with van der Waals surface area (Å²) in [5.74, 6) is 3.14. The lowest BCUT2D eigenvalue weighted by molar-refractivity contribution is 0.164. The highest BCUT2D eigenvalue weighted by Gasteiger charge is 2.29. The molecule has 0 spiro atoms. The predicted octanol–water partition coefficient (Wildman–Crippen LogP) is 5.39. The van der Waals surface area contributed by atoms with E-state index in [0.717, 1.165) is 17.8 Å². The summed E-state index contributed by atoms with van der Waals surface area (Å²) in [5, 5.41) is 0.493. The first-order valence-corrected chi connectivity index (χ1v) is 7.87. The molecule has 0 unspecified atom stereocenters. The van der Waals surface area contributed by atoms with Gasteiger partial charge < -0.3 is 0 Å². The molecule has 1 heteroatoms. The van der Waals surface area contributed by atoms with Crippen LogP contribution in [0.5, 0.6) is 0 Å². The minimum absolute atomic E-state index is 0.493. The Kier molecular flexibility index (Phi) is 5.00. The van der Waals surface area contributed by atoms with Crippen molar-refractivity contribution in [3.05, 3.63) is 0 Å². The van der Waals surface area contributed by atoms with Crippen LogP contribution in [0.4, 0.5) is 0 Å². The standard InChI is InChI=1S/C15H27Cl/c1-2-3-12-4-6-13(7-5-12)14-8-10-15(16)11-9-14/h12-15H,2-11H2,1H3/t12-,13-,14-,15-. The first kappa shape index (κ1) is 12.7. The lowest BCUT2D eigenvalue weighted by Gasteiger charge is -2.36. The van der Waals surface area contributed by atoms with Gasteiger partial charge in [0.2, 0.25) is 0 Å². The van der Waals surface area contributed by atoms with Crippen molar-refractivity contribution in [1.29, 1.82) is 0 Å². The topological polar surface area (TPSA) is 0 Å². The molecule has 16 heavy (non-hydrogen) atoms. The highest BCUT2D eigenvalue weighted by molar-refractivity contribution is 6.20. The van der Waals surface area contributed by atoms with Gasteiger partial charge in [-0.15, -0.1) is 11.6 Å². The maximum atomic E-state index is 6.19. The van der Waals surface area contributed by atoms with Crippen LogP contribution in [0.3, 0.4) is 0 Å². The average Bonchev–Trinajstić information content (AvgIpc) is 2.32. The second-order valence-corrected chi connectivity index (χ2v) is 6.70. The van der Waals surface area contributed by atoms with Gasteiger partial charge in [-0.05, 0) is 56.3 Å². The third kappa shape index (κ3) is 3.39. The van der Waals surface area contributed by atoms with E-state index in [4.69, 9.17) is 11.6 Å². The number of hydrogen-bond acceptors (Lipinski definition) is 0. The third-order valence-corrected chi connectivity index (χ3v) is 5.39. The summed E-state index contributed by atoms with van der Waals surface area (Å²) in [7, 11) is 0. The van der Waals surface area contributed by atoms with E-state index in [2.05, 4.69) is 6.92 Å². The SMILES string of the molecule is CCC[C@H]1CC[C@H]([C@H]2CC[C@H](Cl)CC2)CC1. The van der Waals surface area contributed by atoms with Crippen LogP contribution in [0.25, 0.3) is 0 Å². The molecule has 0 aromatic rings. The van der Waals surface area contributed by atoms with E-state index in [9.17, 15) is 0 Å². The summed E-state index contributed by atoms with van der Waals surface area (Å²) in [6.07, 6.45) is 14.3. The quantitative estimate of drug-likeness (QED) is 0.582. The van der Waals surface area contributed by atoms with Crippen LogP contribution in [-0.4, -0.2) is 5.38 Å². The van der Waals surface area contributed by atoms with Crippen LogP contribution in [0, 0.1) is 17.8 Å². The van der Waals surface area contributed by atoms with Gasteiger partial charge in [0, 0.05) is 5.38 Å². The molecule has 0 bridgehead atoms. The lowest BCUT2D eigenvalue weighted by atomic mass is 9.70. The smallest absolute Gasteiger partial charge is 0.0336 e. The van der Waals surface area contributed by atoms with Crippen molar-refractivity contribution in [3.63, 3.8) is 0 Å². The summed E-state index contributed by atoms with van der Waals surface area (Å²) in [6.45, 7) is 2.33. The maximum absolute atomic E-state index is 6.19. The molecule has 0 atom stereocenters. The summed E-state index contributed by atoms with van der Waals surface area (Å²) in [4.78, 5) is 0. The number of rotatable bonds is 3. The van der Waals surface area contributed by atoms with Crippen molar-refractivity contribution in [3.8, 4) is 0 Å². The van der Waals surface area contributed by atoms with Gasteiger partial charge in [0.25, 0.3) is 0 Å². The van der Waals surface area contributed by atoms with E-state index in [1.807, 2.05) is 0 Å². The minimum Gasteiger partial charge on any atom is -0.123 e. The third-order valence-electron chi connectivity index (χ3n) is 4.96. The summed E-state index contributed by atoms with van der Waals surface area (Å²) in [6, 6.07) is 0. The van der Waals surface area contributed by atoms with Gasteiger partial charge in [-0.25, -0.2) is 0 Å². The molecular weight excluding hydrogens is 216 g/mol. The molecule has 0 aromatic carbocycles. The molecule has 0 nitrogen and oxygen atoms in total. The fourth-order valence-electron chi connectivity index (χ4n) is 3.91. The molecule has 0 saturated heterocycles. The lowest BCUT2D eigenvalue weighted by Crippen LogP contribution is -2.25. The molecule has 2 aliphatic rings.